The molecule has 0 spiro atoms. The van der Waals surface area contributed by atoms with Crippen molar-refractivity contribution in [2.75, 3.05) is 5.43 Å². The molecule has 1 heterocycles. The van der Waals surface area contributed by atoms with Gasteiger partial charge < -0.3 is 0 Å². The van der Waals surface area contributed by atoms with Crippen LogP contribution in [0.4, 0.5) is 10.3 Å². The third-order valence-electron chi connectivity index (χ3n) is 4.52. The molecule has 30 heavy (non-hydrogen) atoms. The molecule has 1 aromatic heterocycles. The number of hydrogen-bond donors (Lipinski definition) is 1. The van der Waals surface area contributed by atoms with Gasteiger partial charge in [-0.2, -0.15) is 5.10 Å². The second kappa shape index (κ2) is 8.84. The van der Waals surface area contributed by atoms with Crippen LogP contribution in [0.1, 0.15) is 12.5 Å². The second-order valence-corrected chi connectivity index (χ2v) is 7.09. The maximum Gasteiger partial charge on any atom is 0.244 e. The van der Waals surface area contributed by atoms with Crippen LogP contribution in [0.2, 0.25) is 5.02 Å². The van der Waals surface area contributed by atoms with Gasteiger partial charge in [0.15, 0.2) is 0 Å². The van der Waals surface area contributed by atoms with Crippen LogP contribution in [0.5, 0.6) is 0 Å². The quantitative estimate of drug-likeness (QED) is 0.301. The molecule has 4 rings (SSSR count). The molecule has 0 saturated carbocycles. The zero-order chi connectivity index (χ0) is 20.9. The minimum Gasteiger partial charge on any atom is -0.245 e. The number of benzene rings is 3. The highest BCUT2D eigenvalue weighted by Gasteiger charge is 2.09. The Bertz CT molecular complexity index is 1170. The highest BCUT2D eigenvalue weighted by Crippen LogP contribution is 2.26. The van der Waals surface area contributed by atoms with E-state index in [0.29, 0.717) is 16.7 Å². The number of halogens is 2. The number of nitrogens with zero attached hydrogens (tertiary/aromatic N) is 3. The highest BCUT2D eigenvalue weighted by molar-refractivity contribution is 6.30. The fraction of sp³-hybridized carbons (Fsp3) is 0.0417. The minimum absolute atomic E-state index is 0.286. The Balaban J connectivity index is 1.71. The molecule has 4 nitrogen and oxygen atoms in total. The topological polar surface area (TPSA) is 50.2 Å². The average Bonchev–Trinajstić information content (AvgIpc) is 2.79. The Hall–Kier alpha value is -3.57. The van der Waals surface area contributed by atoms with Crippen molar-refractivity contribution in [2.24, 2.45) is 5.10 Å². The van der Waals surface area contributed by atoms with E-state index < -0.39 is 0 Å². The molecule has 0 radical (unpaired) electrons. The van der Waals surface area contributed by atoms with Crippen molar-refractivity contribution in [1.29, 1.82) is 0 Å². The van der Waals surface area contributed by atoms with E-state index in [1.807, 2.05) is 67.6 Å². The van der Waals surface area contributed by atoms with Gasteiger partial charge in [0.05, 0.1) is 17.1 Å². The summed E-state index contributed by atoms with van der Waals surface area (Å²) in [5.41, 5.74) is 7.84. The fourth-order valence-corrected chi connectivity index (χ4v) is 3.04. The standard InChI is InChI=1S/C24H18ClFN4/c1-16(17-9-13-21(26)14-10-17)29-30-24-27-22(18-5-3-2-4-6-18)15-23(28-24)19-7-11-20(25)12-8-19/h2-15H,1H3,(H,27,28,30). The zero-order valence-electron chi connectivity index (χ0n) is 16.2. The van der Waals surface area contributed by atoms with Gasteiger partial charge in [-0.1, -0.05) is 66.2 Å². The molecular formula is C24H18ClFN4. The molecule has 4 aromatic rings. The fourth-order valence-electron chi connectivity index (χ4n) is 2.91. The van der Waals surface area contributed by atoms with E-state index >= 15 is 0 Å². The van der Waals surface area contributed by atoms with E-state index in [1.165, 1.54) is 12.1 Å². The number of nitrogens with one attached hydrogen (secondary N) is 1. The number of hydrazone groups is 1. The maximum absolute atomic E-state index is 13.2. The van der Waals surface area contributed by atoms with Crippen molar-refractivity contribution >= 4 is 23.3 Å². The van der Waals surface area contributed by atoms with Gasteiger partial charge in [-0.25, -0.2) is 19.8 Å². The van der Waals surface area contributed by atoms with Crippen LogP contribution in [0.15, 0.2) is 90.0 Å². The monoisotopic (exact) mass is 416 g/mol. The summed E-state index contributed by atoms with van der Waals surface area (Å²) >= 11 is 6.02. The molecule has 0 amide bonds. The molecule has 0 fully saturated rings. The van der Waals surface area contributed by atoms with E-state index in [0.717, 1.165) is 28.1 Å². The smallest absolute Gasteiger partial charge is 0.244 e. The van der Waals surface area contributed by atoms with Crippen LogP contribution in [-0.2, 0) is 0 Å². The van der Waals surface area contributed by atoms with Crippen molar-refractivity contribution in [3.8, 4) is 22.5 Å². The van der Waals surface area contributed by atoms with Gasteiger partial charge >= 0.3 is 0 Å². The van der Waals surface area contributed by atoms with Gasteiger partial charge in [-0.05, 0) is 42.8 Å². The zero-order valence-corrected chi connectivity index (χ0v) is 16.9. The van der Waals surface area contributed by atoms with Gasteiger partial charge in [0.25, 0.3) is 0 Å². The summed E-state index contributed by atoms with van der Waals surface area (Å²) in [6, 6.07) is 25.4. The molecule has 3 aromatic carbocycles. The largest absolute Gasteiger partial charge is 0.245 e. The molecule has 0 aliphatic heterocycles. The van der Waals surface area contributed by atoms with E-state index in [1.54, 1.807) is 12.1 Å². The first kappa shape index (κ1) is 19.7. The highest BCUT2D eigenvalue weighted by atomic mass is 35.5. The van der Waals surface area contributed by atoms with E-state index in [2.05, 4.69) is 20.5 Å². The van der Waals surface area contributed by atoms with Gasteiger partial charge in [-0.3, -0.25) is 0 Å². The van der Waals surface area contributed by atoms with Crippen LogP contribution >= 0.6 is 11.6 Å². The summed E-state index contributed by atoms with van der Waals surface area (Å²) < 4.78 is 13.2. The molecule has 0 unspecified atom stereocenters. The molecule has 148 valence electrons. The third-order valence-corrected chi connectivity index (χ3v) is 4.77. The molecule has 6 heteroatoms. The lowest BCUT2D eigenvalue weighted by Gasteiger charge is -2.09. The van der Waals surface area contributed by atoms with Crippen LogP contribution in [-0.4, -0.2) is 15.7 Å². The summed E-state index contributed by atoms with van der Waals surface area (Å²) in [7, 11) is 0. The molecule has 0 aliphatic carbocycles. The summed E-state index contributed by atoms with van der Waals surface area (Å²) in [4.78, 5) is 9.22. The first-order valence-corrected chi connectivity index (χ1v) is 9.73. The van der Waals surface area contributed by atoms with Crippen LogP contribution in [0, 0.1) is 5.82 Å². The van der Waals surface area contributed by atoms with Gasteiger partial charge in [0, 0.05) is 16.1 Å². The molecule has 0 saturated heterocycles. The number of aromatic nitrogens is 2. The third kappa shape index (κ3) is 4.70. The summed E-state index contributed by atoms with van der Waals surface area (Å²) in [6.07, 6.45) is 0. The predicted molar refractivity (Wildman–Crippen MR) is 120 cm³/mol. The SMILES string of the molecule is CC(=NNc1nc(-c2ccccc2)cc(-c2ccc(Cl)cc2)n1)c1ccc(F)cc1. The minimum atomic E-state index is -0.286. The molecular weight excluding hydrogens is 399 g/mol. The van der Waals surface area contributed by atoms with Gasteiger partial charge in [0.1, 0.15) is 5.82 Å². The maximum atomic E-state index is 13.2. The lowest BCUT2D eigenvalue weighted by Crippen LogP contribution is -2.04. The van der Waals surface area contributed by atoms with Crippen molar-refractivity contribution < 1.29 is 4.39 Å². The number of anilines is 1. The molecule has 0 atom stereocenters. The van der Waals surface area contributed by atoms with Gasteiger partial charge in [-0.15, -0.1) is 0 Å². The van der Waals surface area contributed by atoms with Crippen molar-refractivity contribution in [2.45, 2.75) is 6.92 Å². The lowest BCUT2D eigenvalue weighted by atomic mass is 10.1. The average molecular weight is 417 g/mol. The molecule has 0 aliphatic rings. The Labute approximate surface area is 179 Å². The Morgan fingerprint density at radius 3 is 2.07 bits per heavy atom. The first-order chi connectivity index (χ1) is 14.6. The summed E-state index contributed by atoms with van der Waals surface area (Å²) in [5, 5.41) is 5.04. The predicted octanol–water partition coefficient (Wildman–Crippen LogP) is 6.44. The Kier molecular flexibility index (Phi) is 5.82. The van der Waals surface area contributed by atoms with Crippen molar-refractivity contribution in [3.63, 3.8) is 0 Å². The van der Waals surface area contributed by atoms with Crippen LogP contribution in [0.25, 0.3) is 22.5 Å². The number of rotatable bonds is 5. The second-order valence-electron chi connectivity index (χ2n) is 6.65. The van der Waals surface area contributed by atoms with Crippen LogP contribution in [0.3, 0.4) is 0 Å². The molecule has 0 bridgehead atoms. The van der Waals surface area contributed by atoms with Crippen molar-refractivity contribution in [3.05, 3.63) is 101 Å². The summed E-state index contributed by atoms with van der Waals surface area (Å²) in [6.45, 7) is 1.83. The normalized spacial score (nSPS) is 11.4. The van der Waals surface area contributed by atoms with Crippen LogP contribution < -0.4 is 5.43 Å². The summed E-state index contributed by atoms with van der Waals surface area (Å²) in [5.74, 6) is 0.0776. The van der Waals surface area contributed by atoms with E-state index in [9.17, 15) is 4.39 Å². The van der Waals surface area contributed by atoms with E-state index in [-0.39, 0.29) is 5.82 Å². The van der Waals surface area contributed by atoms with Gasteiger partial charge in [0.2, 0.25) is 5.95 Å². The first-order valence-electron chi connectivity index (χ1n) is 9.35. The number of hydrogen-bond acceptors (Lipinski definition) is 4. The molecule has 1 N–H and O–H groups in total. The van der Waals surface area contributed by atoms with E-state index in [4.69, 9.17) is 11.6 Å². The lowest BCUT2D eigenvalue weighted by molar-refractivity contribution is 0.628. The van der Waals surface area contributed by atoms with Crippen molar-refractivity contribution in [1.82, 2.24) is 9.97 Å². The Morgan fingerprint density at radius 2 is 1.43 bits per heavy atom. The Morgan fingerprint density at radius 1 is 0.833 bits per heavy atom.